The quantitative estimate of drug-likeness (QED) is 0.487. The van der Waals surface area contributed by atoms with Crippen LogP contribution in [-0.4, -0.2) is 18.0 Å². The number of ether oxygens (including phenoxy) is 2. The summed E-state index contributed by atoms with van der Waals surface area (Å²) in [4.78, 5) is 22.3. The van der Waals surface area contributed by atoms with Gasteiger partial charge in [-0.2, -0.15) is 0 Å². The minimum absolute atomic E-state index is 0.122. The summed E-state index contributed by atoms with van der Waals surface area (Å²) >= 11 is 0. The number of hydrogen-bond acceptors (Lipinski definition) is 5. The second kappa shape index (κ2) is 6.26. The molecule has 2 aromatic carbocycles. The molecule has 0 atom stereocenters. The lowest BCUT2D eigenvalue weighted by Gasteiger charge is -2.13. The molecule has 0 aliphatic carbocycles. The Bertz CT molecular complexity index is 739. The van der Waals surface area contributed by atoms with Gasteiger partial charge in [-0.25, -0.2) is 4.79 Å². The van der Waals surface area contributed by atoms with Gasteiger partial charge in [0.25, 0.3) is 0 Å². The van der Waals surface area contributed by atoms with E-state index in [2.05, 4.69) is 0 Å². The predicted octanol–water partition coefficient (Wildman–Crippen LogP) is 3.79. The third-order valence-corrected chi connectivity index (χ3v) is 3.19. The molecule has 2 aromatic rings. The van der Waals surface area contributed by atoms with E-state index in [9.17, 15) is 14.9 Å². The number of rotatable bonds is 4. The van der Waals surface area contributed by atoms with Crippen LogP contribution in [0.25, 0.3) is 0 Å². The lowest BCUT2D eigenvalue weighted by Crippen LogP contribution is -2.05. The molecule has 22 heavy (non-hydrogen) atoms. The highest BCUT2D eigenvalue weighted by Gasteiger charge is 2.18. The molecule has 0 bridgehead atoms. The fourth-order valence-corrected chi connectivity index (χ4v) is 2.07. The molecular formula is C16H15NO5. The van der Waals surface area contributed by atoms with Gasteiger partial charge >= 0.3 is 11.7 Å². The summed E-state index contributed by atoms with van der Waals surface area (Å²) in [5, 5.41) is 11.0. The molecule has 114 valence electrons. The second-order valence-electron chi connectivity index (χ2n) is 4.75. The SMILES string of the molecule is COC(=O)c1cc(C)cc(Oc2ccccc2[N+](=O)[O-])c1C. The van der Waals surface area contributed by atoms with Gasteiger partial charge in [-0.3, -0.25) is 10.1 Å². The molecule has 6 nitrogen and oxygen atoms in total. The number of esters is 1. The van der Waals surface area contributed by atoms with Crippen molar-refractivity contribution in [1.29, 1.82) is 0 Å². The second-order valence-corrected chi connectivity index (χ2v) is 4.75. The Morgan fingerprint density at radius 1 is 1.14 bits per heavy atom. The maximum absolute atomic E-state index is 11.8. The van der Waals surface area contributed by atoms with Crippen LogP contribution in [0.3, 0.4) is 0 Å². The van der Waals surface area contributed by atoms with Crippen LogP contribution in [0.2, 0.25) is 0 Å². The van der Waals surface area contributed by atoms with E-state index >= 15 is 0 Å². The van der Waals surface area contributed by atoms with Gasteiger partial charge in [0.2, 0.25) is 5.75 Å². The first kappa shape index (κ1) is 15.5. The van der Waals surface area contributed by atoms with Gasteiger partial charge in [0, 0.05) is 11.6 Å². The van der Waals surface area contributed by atoms with E-state index in [1.807, 2.05) is 0 Å². The van der Waals surface area contributed by atoms with Gasteiger partial charge in [-0.15, -0.1) is 0 Å². The number of benzene rings is 2. The molecule has 0 fully saturated rings. The number of carbonyl (C=O) groups excluding carboxylic acids is 1. The number of para-hydroxylation sites is 2. The Morgan fingerprint density at radius 3 is 2.45 bits per heavy atom. The zero-order valence-electron chi connectivity index (χ0n) is 12.5. The number of aryl methyl sites for hydroxylation is 1. The molecule has 6 heteroatoms. The van der Waals surface area contributed by atoms with E-state index in [0.717, 1.165) is 5.56 Å². The van der Waals surface area contributed by atoms with E-state index in [0.29, 0.717) is 16.9 Å². The van der Waals surface area contributed by atoms with Crippen molar-refractivity contribution in [1.82, 2.24) is 0 Å². The van der Waals surface area contributed by atoms with E-state index < -0.39 is 10.9 Å². The van der Waals surface area contributed by atoms with Gasteiger partial charge < -0.3 is 9.47 Å². The molecule has 0 amide bonds. The zero-order chi connectivity index (χ0) is 16.3. The van der Waals surface area contributed by atoms with Crippen molar-refractivity contribution in [3.8, 4) is 11.5 Å². The van der Waals surface area contributed by atoms with Crippen molar-refractivity contribution < 1.29 is 19.2 Å². The number of carbonyl (C=O) groups is 1. The highest BCUT2D eigenvalue weighted by molar-refractivity contribution is 5.92. The maximum Gasteiger partial charge on any atom is 0.338 e. The van der Waals surface area contributed by atoms with Crippen LogP contribution < -0.4 is 4.74 Å². The van der Waals surface area contributed by atoms with Gasteiger partial charge in [0.15, 0.2) is 0 Å². The zero-order valence-corrected chi connectivity index (χ0v) is 12.5. The molecule has 0 N–H and O–H groups in total. The lowest BCUT2D eigenvalue weighted by molar-refractivity contribution is -0.385. The lowest BCUT2D eigenvalue weighted by atomic mass is 10.0. The molecule has 0 spiro atoms. The Morgan fingerprint density at radius 2 is 1.82 bits per heavy atom. The highest BCUT2D eigenvalue weighted by Crippen LogP contribution is 2.34. The summed E-state index contributed by atoms with van der Waals surface area (Å²) in [6.45, 7) is 3.51. The van der Waals surface area contributed by atoms with Gasteiger partial charge in [-0.05, 0) is 37.6 Å². The van der Waals surface area contributed by atoms with E-state index in [1.54, 1.807) is 38.1 Å². The third kappa shape index (κ3) is 3.06. The fourth-order valence-electron chi connectivity index (χ4n) is 2.07. The summed E-state index contributed by atoms with van der Waals surface area (Å²) in [5.74, 6) is 0.0281. The van der Waals surface area contributed by atoms with Crippen LogP contribution in [0, 0.1) is 24.0 Å². The molecule has 0 heterocycles. The molecular weight excluding hydrogens is 286 g/mol. The first-order valence-electron chi connectivity index (χ1n) is 6.55. The minimum atomic E-state index is -0.512. The number of nitro groups is 1. The first-order chi connectivity index (χ1) is 10.4. The van der Waals surface area contributed by atoms with E-state index in [-0.39, 0.29) is 11.4 Å². The van der Waals surface area contributed by atoms with Crippen LogP contribution in [0.1, 0.15) is 21.5 Å². The molecule has 0 aliphatic heterocycles. The summed E-state index contributed by atoms with van der Waals surface area (Å²) in [5.41, 5.74) is 1.59. The van der Waals surface area contributed by atoms with Crippen LogP contribution in [0.15, 0.2) is 36.4 Å². The molecule has 0 aliphatic rings. The Labute approximate surface area is 127 Å². The monoisotopic (exact) mass is 301 g/mol. The number of nitrogens with zero attached hydrogens (tertiary/aromatic N) is 1. The Hall–Kier alpha value is -2.89. The standard InChI is InChI=1S/C16H15NO5/c1-10-8-12(16(18)21-3)11(2)15(9-10)22-14-7-5-4-6-13(14)17(19)20/h4-9H,1-3H3. The smallest absolute Gasteiger partial charge is 0.338 e. The van der Waals surface area contributed by atoms with Crippen molar-refractivity contribution in [2.24, 2.45) is 0 Å². The van der Waals surface area contributed by atoms with Crippen LogP contribution in [0.5, 0.6) is 11.5 Å². The van der Waals surface area contributed by atoms with E-state index in [4.69, 9.17) is 9.47 Å². The van der Waals surface area contributed by atoms with Crippen LogP contribution in [0.4, 0.5) is 5.69 Å². The third-order valence-electron chi connectivity index (χ3n) is 3.19. The van der Waals surface area contributed by atoms with Crippen molar-refractivity contribution in [3.05, 3.63) is 63.2 Å². The predicted molar refractivity (Wildman–Crippen MR) is 80.4 cm³/mol. The van der Waals surface area contributed by atoms with Crippen molar-refractivity contribution >= 4 is 11.7 Å². The topological polar surface area (TPSA) is 78.7 Å². The van der Waals surface area contributed by atoms with Gasteiger partial charge in [0.1, 0.15) is 5.75 Å². The summed E-state index contributed by atoms with van der Waals surface area (Å²) in [7, 11) is 1.30. The minimum Gasteiger partial charge on any atom is -0.465 e. The molecule has 0 saturated heterocycles. The van der Waals surface area contributed by atoms with Crippen molar-refractivity contribution in [2.75, 3.05) is 7.11 Å². The average molecular weight is 301 g/mol. The largest absolute Gasteiger partial charge is 0.465 e. The summed E-state index contributed by atoms with van der Waals surface area (Å²) in [6.07, 6.45) is 0. The number of nitro benzene ring substituents is 1. The molecule has 0 unspecified atom stereocenters. The summed E-state index contributed by atoms with van der Waals surface area (Å²) < 4.78 is 10.4. The maximum atomic E-state index is 11.8. The Balaban J connectivity index is 2.49. The molecule has 0 saturated carbocycles. The average Bonchev–Trinajstić information content (AvgIpc) is 2.50. The van der Waals surface area contributed by atoms with E-state index in [1.165, 1.54) is 19.2 Å². The van der Waals surface area contributed by atoms with Crippen molar-refractivity contribution in [2.45, 2.75) is 13.8 Å². The first-order valence-corrected chi connectivity index (χ1v) is 6.55. The van der Waals surface area contributed by atoms with Crippen molar-refractivity contribution in [3.63, 3.8) is 0 Å². The Kier molecular flexibility index (Phi) is 4.41. The van der Waals surface area contributed by atoms with Crippen LogP contribution >= 0.6 is 0 Å². The van der Waals surface area contributed by atoms with Gasteiger partial charge in [-0.1, -0.05) is 12.1 Å². The van der Waals surface area contributed by atoms with Gasteiger partial charge in [0.05, 0.1) is 17.6 Å². The molecule has 0 aromatic heterocycles. The number of methoxy groups -OCH3 is 1. The highest BCUT2D eigenvalue weighted by atomic mass is 16.6. The fraction of sp³-hybridized carbons (Fsp3) is 0.188. The molecule has 2 rings (SSSR count). The normalized spacial score (nSPS) is 10.1. The number of hydrogen-bond donors (Lipinski definition) is 0. The summed E-state index contributed by atoms with van der Waals surface area (Å²) in [6, 6.07) is 9.49. The molecule has 0 radical (unpaired) electrons. The van der Waals surface area contributed by atoms with Crippen LogP contribution in [-0.2, 0) is 4.74 Å².